The maximum Gasteiger partial charge on any atom is 0.320 e. The van der Waals surface area contributed by atoms with Gasteiger partial charge in [-0.05, 0) is 23.3 Å². The summed E-state index contributed by atoms with van der Waals surface area (Å²) in [5.41, 5.74) is 7.57. The molecule has 0 aliphatic carbocycles. The van der Waals surface area contributed by atoms with Crippen molar-refractivity contribution < 1.29 is 14.7 Å². The van der Waals surface area contributed by atoms with E-state index in [0.717, 1.165) is 5.56 Å². The normalized spacial score (nSPS) is 15.3. The number of halogens is 1. The van der Waals surface area contributed by atoms with Gasteiger partial charge >= 0.3 is 5.97 Å². The summed E-state index contributed by atoms with van der Waals surface area (Å²) in [6.07, 6.45) is 0.406. The average molecular weight is 255 g/mol. The predicted molar refractivity (Wildman–Crippen MR) is 63.1 cm³/mol. The van der Waals surface area contributed by atoms with E-state index >= 15 is 0 Å². The summed E-state index contributed by atoms with van der Waals surface area (Å²) in [4.78, 5) is 22.0. The Balaban J connectivity index is 2.35. The molecule has 0 saturated carbocycles. The lowest BCUT2D eigenvalue weighted by molar-refractivity contribution is -0.138. The Kier molecular flexibility index (Phi) is 3.04. The zero-order chi connectivity index (χ0) is 12.6. The Bertz CT molecular complexity index is 502. The molecule has 0 bridgehead atoms. The van der Waals surface area contributed by atoms with E-state index in [0.29, 0.717) is 16.3 Å². The number of carbonyl (C=O) groups is 2. The fraction of sp³-hybridized carbons (Fsp3) is 0.273. The van der Waals surface area contributed by atoms with E-state index in [1.54, 1.807) is 12.1 Å². The van der Waals surface area contributed by atoms with Crippen molar-refractivity contribution in [2.24, 2.45) is 5.73 Å². The summed E-state index contributed by atoms with van der Waals surface area (Å²) in [5, 5.41) is 11.9. The maximum absolute atomic E-state index is 11.3. The van der Waals surface area contributed by atoms with Gasteiger partial charge in [0, 0.05) is 17.1 Å². The first-order chi connectivity index (χ1) is 7.97. The van der Waals surface area contributed by atoms with Crippen molar-refractivity contribution in [3.63, 3.8) is 0 Å². The molecule has 1 aromatic carbocycles. The van der Waals surface area contributed by atoms with Crippen molar-refractivity contribution >= 4 is 29.2 Å². The highest BCUT2D eigenvalue weighted by Crippen LogP contribution is 2.31. The number of benzene rings is 1. The second-order valence-electron chi connectivity index (χ2n) is 3.97. The summed E-state index contributed by atoms with van der Waals surface area (Å²) in [5.74, 6) is -1.20. The second kappa shape index (κ2) is 4.35. The molecular weight excluding hydrogens is 244 g/mol. The van der Waals surface area contributed by atoms with E-state index in [-0.39, 0.29) is 18.7 Å². The van der Waals surface area contributed by atoms with Crippen LogP contribution in [0.5, 0.6) is 0 Å². The van der Waals surface area contributed by atoms with Crippen LogP contribution in [0.1, 0.15) is 11.1 Å². The molecule has 1 unspecified atom stereocenters. The number of aliphatic carboxylic acids is 1. The van der Waals surface area contributed by atoms with E-state index in [2.05, 4.69) is 5.32 Å². The minimum Gasteiger partial charge on any atom is -0.480 e. The number of nitrogens with two attached hydrogens (primary N) is 1. The van der Waals surface area contributed by atoms with Gasteiger partial charge in [0.2, 0.25) is 5.91 Å². The lowest BCUT2D eigenvalue weighted by atomic mass is 10.0. The van der Waals surface area contributed by atoms with Gasteiger partial charge in [0.1, 0.15) is 6.04 Å². The zero-order valence-corrected chi connectivity index (χ0v) is 9.62. The van der Waals surface area contributed by atoms with Crippen molar-refractivity contribution in [3.8, 4) is 0 Å². The number of hydrogen-bond acceptors (Lipinski definition) is 3. The Hall–Kier alpha value is -1.59. The van der Waals surface area contributed by atoms with E-state index in [9.17, 15) is 9.59 Å². The standard InChI is InChI=1S/C11H11ClN2O3/c12-7-1-5(3-8(13)11(16)17)10-6(2-7)4-9(15)14-10/h1-2,8H,3-4,13H2,(H,14,15)(H,16,17). The number of hydrogen-bond donors (Lipinski definition) is 3. The van der Waals surface area contributed by atoms with Crippen LogP contribution in [0.3, 0.4) is 0 Å². The van der Waals surface area contributed by atoms with Crippen LogP contribution in [0.4, 0.5) is 5.69 Å². The van der Waals surface area contributed by atoms with Crippen LogP contribution in [0.15, 0.2) is 12.1 Å². The van der Waals surface area contributed by atoms with E-state index < -0.39 is 12.0 Å². The fourth-order valence-corrected chi connectivity index (χ4v) is 2.13. The molecule has 2 rings (SSSR count). The topological polar surface area (TPSA) is 92.4 Å². The number of amides is 1. The van der Waals surface area contributed by atoms with Crippen LogP contribution in [0.2, 0.25) is 5.02 Å². The van der Waals surface area contributed by atoms with Gasteiger partial charge in [0.05, 0.1) is 6.42 Å². The van der Waals surface area contributed by atoms with Crippen molar-refractivity contribution in [1.82, 2.24) is 0 Å². The molecule has 1 aliphatic rings. The van der Waals surface area contributed by atoms with Crippen LogP contribution < -0.4 is 11.1 Å². The molecule has 5 nitrogen and oxygen atoms in total. The third kappa shape index (κ3) is 2.40. The van der Waals surface area contributed by atoms with Gasteiger partial charge in [-0.3, -0.25) is 9.59 Å². The Morgan fingerprint density at radius 3 is 2.94 bits per heavy atom. The highest BCUT2D eigenvalue weighted by molar-refractivity contribution is 6.31. The van der Waals surface area contributed by atoms with Crippen LogP contribution >= 0.6 is 11.6 Å². The molecule has 4 N–H and O–H groups in total. The number of carboxylic acids is 1. The molecule has 6 heteroatoms. The number of carboxylic acid groups (broad SMARTS) is 1. The van der Waals surface area contributed by atoms with Gasteiger partial charge in [-0.25, -0.2) is 0 Å². The summed E-state index contributed by atoms with van der Waals surface area (Å²) < 4.78 is 0. The number of nitrogens with one attached hydrogen (secondary N) is 1. The number of fused-ring (bicyclic) bond motifs is 1. The maximum atomic E-state index is 11.3. The molecule has 90 valence electrons. The first kappa shape index (κ1) is 11.9. The monoisotopic (exact) mass is 254 g/mol. The van der Waals surface area contributed by atoms with Gasteiger partial charge in [-0.1, -0.05) is 11.6 Å². The molecule has 0 spiro atoms. The zero-order valence-electron chi connectivity index (χ0n) is 8.87. The SMILES string of the molecule is NC(Cc1cc(Cl)cc2c1NC(=O)C2)C(=O)O. The van der Waals surface area contributed by atoms with Gasteiger partial charge in [0.25, 0.3) is 0 Å². The molecule has 0 radical (unpaired) electrons. The average Bonchev–Trinajstić information content (AvgIpc) is 2.58. The van der Waals surface area contributed by atoms with Gasteiger partial charge in [-0.15, -0.1) is 0 Å². The quantitative estimate of drug-likeness (QED) is 0.744. The van der Waals surface area contributed by atoms with Gasteiger partial charge in [-0.2, -0.15) is 0 Å². The Morgan fingerprint density at radius 1 is 1.59 bits per heavy atom. The van der Waals surface area contributed by atoms with E-state index in [4.69, 9.17) is 22.4 Å². The third-order valence-electron chi connectivity index (χ3n) is 2.64. The lowest BCUT2D eigenvalue weighted by Crippen LogP contribution is -2.32. The van der Waals surface area contributed by atoms with Crippen LogP contribution in [0, 0.1) is 0 Å². The molecule has 1 atom stereocenters. The molecule has 0 fully saturated rings. The fourth-order valence-electron chi connectivity index (χ4n) is 1.87. The molecule has 0 saturated heterocycles. The van der Waals surface area contributed by atoms with Crippen molar-refractivity contribution in [2.75, 3.05) is 5.32 Å². The van der Waals surface area contributed by atoms with Crippen molar-refractivity contribution in [2.45, 2.75) is 18.9 Å². The smallest absolute Gasteiger partial charge is 0.320 e. The van der Waals surface area contributed by atoms with Gasteiger partial charge < -0.3 is 16.2 Å². The number of rotatable bonds is 3. The van der Waals surface area contributed by atoms with Crippen molar-refractivity contribution in [1.29, 1.82) is 0 Å². The molecule has 1 aromatic rings. The molecule has 0 aromatic heterocycles. The molecule has 1 heterocycles. The van der Waals surface area contributed by atoms with E-state index in [1.807, 2.05) is 0 Å². The molecule has 17 heavy (non-hydrogen) atoms. The number of anilines is 1. The summed E-state index contributed by atoms with van der Waals surface area (Å²) in [6.45, 7) is 0. The predicted octanol–water partition coefficient (Wildman–Crippen LogP) is 0.789. The third-order valence-corrected chi connectivity index (χ3v) is 2.86. The van der Waals surface area contributed by atoms with Crippen LogP contribution in [-0.4, -0.2) is 23.0 Å². The minimum atomic E-state index is -1.08. The van der Waals surface area contributed by atoms with Crippen LogP contribution in [-0.2, 0) is 22.4 Å². The summed E-state index contributed by atoms with van der Waals surface area (Å²) >= 11 is 5.91. The first-order valence-electron chi connectivity index (χ1n) is 5.07. The van der Waals surface area contributed by atoms with Crippen LogP contribution in [0.25, 0.3) is 0 Å². The summed E-state index contributed by atoms with van der Waals surface area (Å²) in [6, 6.07) is 2.33. The highest BCUT2D eigenvalue weighted by Gasteiger charge is 2.23. The lowest BCUT2D eigenvalue weighted by Gasteiger charge is -2.11. The highest BCUT2D eigenvalue weighted by atomic mass is 35.5. The second-order valence-corrected chi connectivity index (χ2v) is 4.41. The molecule has 1 amide bonds. The first-order valence-corrected chi connectivity index (χ1v) is 5.44. The molecular formula is C11H11ClN2O3. The minimum absolute atomic E-state index is 0.118. The largest absolute Gasteiger partial charge is 0.480 e. The van der Waals surface area contributed by atoms with Gasteiger partial charge in [0.15, 0.2) is 0 Å². The van der Waals surface area contributed by atoms with Crippen molar-refractivity contribution in [3.05, 3.63) is 28.3 Å². The molecule has 1 aliphatic heterocycles. The van der Waals surface area contributed by atoms with E-state index in [1.165, 1.54) is 0 Å². The number of carbonyl (C=O) groups excluding carboxylic acids is 1. The summed E-state index contributed by atoms with van der Waals surface area (Å²) in [7, 11) is 0. The Morgan fingerprint density at radius 2 is 2.29 bits per heavy atom. The Labute approximate surface area is 103 Å².